The van der Waals surface area contributed by atoms with E-state index in [2.05, 4.69) is 0 Å². The van der Waals surface area contributed by atoms with Crippen LogP contribution >= 0.6 is 0 Å². The van der Waals surface area contributed by atoms with E-state index in [1.807, 2.05) is 0 Å². The zero-order chi connectivity index (χ0) is 20.9. The van der Waals surface area contributed by atoms with Crippen molar-refractivity contribution in [2.45, 2.75) is 24.8 Å². The molecule has 0 saturated heterocycles. The van der Waals surface area contributed by atoms with E-state index in [1.54, 1.807) is 19.9 Å². The van der Waals surface area contributed by atoms with Crippen molar-refractivity contribution >= 4 is 21.7 Å². The summed E-state index contributed by atoms with van der Waals surface area (Å²) in [6.07, 6.45) is -0.416. The number of benzene rings is 2. The van der Waals surface area contributed by atoms with Crippen LogP contribution in [0.2, 0.25) is 0 Å². The third-order valence-electron chi connectivity index (χ3n) is 3.70. The molecule has 7 nitrogen and oxygen atoms in total. The lowest BCUT2D eigenvalue weighted by atomic mass is 10.2. The quantitative estimate of drug-likeness (QED) is 0.621. The summed E-state index contributed by atoms with van der Waals surface area (Å²) < 4.78 is 56.0. The molecule has 0 amide bonds. The highest BCUT2D eigenvalue weighted by Crippen LogP contribution is 2.35. The van der Waals surface area contributed by atoms with Crippen LogP contribution in [0.4, 0.5) is 10.1 Å². The maximum Gasteiger partial charge on any atom is 0.327 e. The summed E-state index contributed by atoms with van der Waals surface area (Å²) in [6, 6.07) is 8.81. The van der Waals surface area contributed by atoms with Crippen LogP contribution in [0, 0.1) is 5.82 Å². The number of sulfonamides is 1. The average Bonchev–Trinajstić information content (AvgIpc) is 2.65. The summed E-state index contributed by atoms with van der Waals surface area (Å²) in [6.45, 7) is 2.73. The second-order valence-electron chi connectivity index (χ2n) is 6.04. The molecule has 28 heavy (non-hydrogen) atoms. The normalized spacial score (nSPS) is 11.2. The second kappa shape index (κ2) is 8.92. The first kappa shape index (κ1) is 21.5. The molecular formula is C19H22FNO6S. The number of hydrogen-bond donors (Lipinski definition) is 0. The van der Waals surface area contributed by atoms with Gasteiger partial charge in [0, 0.05) is 6.07 Å². The highest BCUT2D eigenvalue weighted by molar-refractivity contribution is 7.92. The van der Waals surface area contributed by atoms with Gasteiger partial charge in [0.25, 0.3) is 10.0 Å². The Kier molecular flexibility index (Phi) is 6.85. The van der Waals surface area contributed by atoms with Gasteiger partial charge in [0.15, 0.2) is 0 Å². The number of esters is 1. The van der Waals surface area contributed by atoms with Gasteiger partial charge in [-0.1, -0.05) is 0 Å². The molecule has 0 fully saturated rings. The van der Waals surface area contributed by atoms with E-state index >= 15 is 0 Å². The summed E-state index contributed by atoms with van der Waals surface area (Å²) in [5, 5.41) is 0. The van der Waals surface area contributed by atoms with Crippen LogP contribution in [0.25, 0.3) is 0 Å². The minimum atomic E-state index is -4.21. The summed E-state index contributed by atoms with van der Waals surface area (Å²) in [5.41, 5.74) is 0.119. The molecule has 0 N–H and O–H groups in total. The maximum absolute atomic E-state index is 13.2. The summed E-state index contributed by atoms with van der Waals surface area (Å²) >= 11 is 0. The second-order valence-corrected chi connectivity index (χ2v) is 7.90. The van der Waals surface area contributed by atoms with Crippen LogP contribution in [-0.2, 0) is 19.6 Å². The number of carbonyl (C=O) groups is 1. The molecule has 2 rings (SSSR count). The highest BCUT2D eigenvalue weighted by atomic mass is 32.2. The molecule has 2 aromatic carbocycles. The fraction of sp³-hybridized carbons (Fsp3) is 0.316. The SMILES string of the molecule is COc1ccc(N(CC(=O)OC(C)C)S(=O)(=O)c2ccc(F)cc2)c(OC)c1. The zero-order valence-electron chi connectivity index (χ0n) is 16.0. The highest BCUT2D eigenvalue weighted by Gasteiger charge is 2.30. The fourth-order valence-electron chi connectivity index (χ4n) is 2.44. The molecule has 0 atom stereocenters. The van der Waals surface area contributed by atoms with Gasteiger partial charge in [0.05, 0.1) is 30.9 Å². The minimum absolute atomic E-state index is 0.119. The Hall–Kier alpha value is -2.81. The van der Waals surface area contributed by atoms with Crippen molar-refractivity contribution in [3.63, 3.8) is 0 Å². The maximum atomic E-state index is 13.2. The predicted molar refractivity (Wildman–Crippen MR) is 102 cm³/mol. The van der Waals surface area contributed by atoms with Gasteiger partial charge in [-0.3, -0.25) is 9.10 Å². The number of methoxy groups -OCH3 is 2. The van der Waals surface area contributed by atoms with E-state index in [1.165, 1.54) is 26.4 Å². The predicted octanol–water partition coefficient (Wildman–Crippen LogP) is 2.99. The standard InChI is InChI=1S/C19H22FNO6S/c1-13(2)27-19(22)12-21(17-10-7-15(25-3)11-18(17)26-4)28(23,24)16-8-5-14(20)6-9-16/h5-11,13H,12H2,1-4H3. The Labute approximate surface area is 163 Å². The molecule has 2 aromatic rings. The van der Waals surface area contributed by atoms with E-state index in [-0.39, 0.29) is 16.3 Å². The molecule has 0 spiro atoms. The number of halogens is 1. The zero-order valence-corrected chi connectivity index (χ0v) is 16.8. The first-order chi connectivity index (χ1) is 13.2. The monoisotopic (exact) mass is 411 g/mol. The summed E-state index contributed by atoms with van der Waals surface area (Å²) in [7, 11) is -1.38. The van der Waals surface area contributed by atoms with Crippen LogP contribution in [0.15, 0.2) is 47.4 Å². The number of hydrogen-bond acceptors (Lipinski definition) is 6. The molecule has 0 aliphatic carbocycles. The Morgan fingerprint density at radius 2 is 1.71 bits per heavy atom. The van der Waals surface area contributed by atoms with Gasteiger partial charge in [-0.05, 0) is 50.2 Å². The van der Waals surface area contributed by atoms with Crippen molar-refractivity contribution in [2.24, 2.45) is 0 Å². The average molecular weight is 411 g/mol. The van der Waals surface area contributed by atoms with Gasteiger partial charge >= 0.3 is 5.97 Å². The molecule has 0 saturated carbocycles. The third-order valence-corrected chi connectivity index (χ3v) is 5.47. The van der Waals surface area contributed by atoms with Crippen molar-refractivity contribution in [2.75, 3.05) is 25.1 Å². The molecule has 0 aromatic heterocycles. The summed E-state index contributed by atoms with van der Waals surface area (Å²) in [4.78, 5) is 12.1. The smallest absolute Gasteiger partial charge is 0.327 e. The molecule has 152 valence electrons. The van der Waals surface area contributed by atoms with Gasteiger partial charge in [0.1, 0.15) is 23.9 Å². The lowest BCUT2D eigenvalue weighted by Crippen LogP contribution is -2.37. The van der Waals surface area contributed by atoms with E-state index in [9.17, 15) is 17.6 Å². The number of anilines is 1. The van der Waals surface area contributed by atoms with Gasteiger partial charge in [-0.25, -0.2) is 12.8 Å². The molecule has 0 aliphatic heterocycles. The number of ether oxygens (including phenoxy) is 3. The van der Waals surface area contributed by atoms with Crippen molar-refractivity contribution < 1.29 is 31.8 Å². The van der Waals surface area contributed by atoms with Gasteiger partial charge in [-0.2, -0.15) is 0 Å². The van der Waals surface area contributed by atoms with Gasteiger partial charge in [0.2, 0.25) is 0 Å². The lowest BCUT2D eigenvalue weighted by Gasteiger charge is -2.26. The Bertz CT molecular complexity index is 928. The molecule has 0 heterocycles. The third kappa shape index (κ3) is 4.92. The van der Waals surface area contributed by atoms with Crippen molar-refractivity contribution in [1.82, 2.24) is 0 Å². The minimum Gasteiger partial charge on any atom is -0.497 e. The molecule has 0 aliphatic rings. The number of rotatable bonds is 8. The van der Waals surface area contributed by atoms with Crippen LogP contribution < -0.4 is 13.8 Å². The van der Waals surface area contributed by atoms with Crippen molar-refractivity contribution in [3.05, 3.63) is 48.3 Å². The lowest BCUT2D eigenvalue weighted by molar-refractivity contribution is -0.145. The number of nitrogens with zero attached hydrogens (tertiary/aromatic N) is 1. The van der Waals surface area contributed by atoms with Crippen LogP contribution in [0.3, 0.4) is 0 Å². The van der Waals surface area contributed by atoms with Gasteiger partial charge < -0.3 is 14.2 Å². The van der Waals surface area contributed by atoms with Crippen LogP contribution in [-0.4, -0.2) is 41.3 Å². The molecule has 0 bridgehead atoms. The molecule has 9 heteroatoms. The largest absolute Gasteiger partial charge is 0.497 e. The molecular weight excluding hydrogens is 389 g/mol. The van der Waals surface area contributed by atoms with Gasteiger partial charge in [-0.15, -0.1) is 0 Å². The first-order valence-corrected chi connectivity index (χ1v) is 9.83. The molecule has 0 radical (unpaired) electrons. The fourth-order valence-corrected chi connectivity index (χ4v) is 3.86. The Balaban J connectivity index is 2.57. The summed E-state index contributed by atoms with van der Waals surface area (Å²) in [5.74, 6) is -0.683. The van der Waals surface area contributed by atoms with Crippen LogP contribution in [0.5, 0.6) is 11.5 Å². The van der Waals surface area contributed by atoms with E-state index in [0.717, 1.165) is 28.6 Å². The van der Waals surface area contributed by atoms with Crippen LogP contribution in [0.1, 0.15) is 13.8 Å². The topological polar surface area (TPSA) is 82.1 Å². The molecule has 0 unspecified atom stereocenters. The van der Waals surface area contributed by atoms with E-state index < -0.39 is 34.5 Å². The Morgan fingerprint density at radius 3 is 2.25 bits per heavy atom. The van der Waals surface area contributed by atoms with E-state index in [4.69, 9.17) is 14.2 Å². The van der Waals surface area contributed by atoms with Crippen molar-refractivity contribution in [1.29, 1.82) is 0 Å². The first-order valence-electron chi connectivity index (χ1n) is 8.39. The van der Waals surface area contributed by atoms with Crippen molar-refractivity contribution in [3.8, 4) is 11.5 Å². The number of carbonyl (C=O) groups excluding carboxylic acids is 1. The van der Waals surface area contributed by atoms with E-state index in [0.29, 0.717) is 5.75 Å². The Morgan fingerprint density at radius 1 is 1.07 bits per heavy atom.